The highest BCUT2D eigenvalue weighted by molar-refractivity contribution is 7.80. The molecule has 8 heteroatoms. The van der Waals surface area contributed by atoms with Crippen LogP contribution in [-0.2, 0) is 11.0 Å². The number of nitrogens with one attached hydrogen (secondary N) is 1. The molecular weight excluding hydrogens is 353 g/mol. The number of carbonyl (C=O) groups is 1. The Morgan fingerprint density at radius 3 is 2.68 bits per heavy atom. The van der Waals surface area contributed by atoms with Gasteiger partial charge in [-0.05, 0) is 43.4 Å². The zero-order valence-corrected chi connectivity index (χ0v) is 13.9. The van der Waals surface area contributed by atoms with Crippen LogP contribution in [0.25, 0.3) is 17.4 Å². The highest BCUT2D eigenvalue weighted by Gasteiger charge is 2.31. The molecule has 1 aromatic carbocycles. The maximum Gasteiger partial charge on any atom is 0.416 e. The second-order valence-corrected chi connectivity index (χ2v) is 5.70. The van der Waals surface area contributed by atoms with Crippen molar-refractivity contribution in [2.45, 2.75) is 13.1 Å². The highest BCUT2D eigenvalue weighted by Crippen LogP contribution is 2.33. The molecule has 0 bridgehead atoms. The summed E-state index contributed by atoms with van der Waals surface area (Å²) in [6.45, 7) is 2.24. The lowest BCUT2D eigenvalue weighted by Gasteiger charge is -2.08. The molecule has 3 rings (SSSR count). The summed E-state index contributed by atoms with van der Waals surface area (Å²) in [4.78, 5) is 13.5. The number of hydrogen-bond acceptors (Lipinski definition) is 3. The summed E-state index contributed by atoms with van der Waals surface area (Å²) in [6.07, 6.45) is -2.95. The van der Waals surface area contributed by atoms with E-state index in [4.69, 9.17) is 16.6 Å². The van der Waals surface area contributed by atoms with Crippen LogP contribution in [0, 0.1) is 0 Å². The van der Waals surface area contributed by atoms with Crippen molar-refractivity contribution < 1.29 is 22.4 Å². The number of hydrogen-bond donors (Lipinski definition) is 1. The van der Waals surface area contributed by atoms with Crippen molar-refractivity contribution in [3.63, 3.8) is 0 Å². The van der Waals surface area contributed by atoms with Crippen LogP contribution in [0.5, 0.6) is 0 Å². The third-order valence-electron chi connectivity index (χ3n) is 3.67. The lowest BCUT2D eigenvalue weighted by Crippen LogP contribution is -2.30. The third kappa shape index (κ3) is 3.43. The summed E-state index contributed by atoms with van der Waals surface area (Å²) >= 11 is 5.06. The molecule has 2 heterocycles. The Bertz CT molecular complexity index is 871. The van der Waals surface area contributed by atoms with Crippen LogP contribution < -0.4 is 5.32 Å². The highest BCUT2D eigenvalue weighted by atomic mass is 32.1. The van der Waals surface area contributed by atoms with E-state index < -0.39 is 11.7 Å². The minimum absolute atomic E-state index is 0.261. The van der Waals surface area contributed by atoms with Gasteiger partial charge in [0.05, 0.1) is 5.56 Å². The molecule has 1 aromatic heterocycles. The maximum atomic E-state index is 12.8. The van der Waals surface area contributed by atoms with Crippen LogP contribution in [0.1, 0.15) is 18.2 Å². The molecule has 0 saturated carbocycles. The topological polar surface area (TPSA) is 45.5 Å². The number of rotatable bonds is 3. The summed E-state index contributed by atoms with van der Waals surface area (Å²) in [5.41, 5.74) is -0.189. The fraction of sp³-hybridized carbons (Fsp3) is 0.176. The molecule has 0 spiro atoms. The number of amides is 1. The first-order valence-corrected chi connectivity index (χ1v) is 7.82. The van der Waals surface area contributed by atoms with Crippen molar-refractivity contribution in [1.29, 1.82) is 0 Å². The summed E-state index contributed by atoms with van der Waals surface area (Å²) in [5, 5.41) is 3.10. The van der Waals surface area contributed by atoms with Gasteiger partial charge in [-0.2, -0.15) is 13.2 Å². The van der Waals surface area contributed by atoms with Crippen LogP contribution >= 0.6 is 12.2 Å². The Morgan fingerprint density at radius 2 is 2.04 bits per heavy atom. The fourth-order valence-electron chi connectivity index (χ4n) is 2.44. The molecule has 0 atom stereocenters. The number of likely N-dealkylation sites (N-methyl/N-ethyl adjacent to an activating group) is 1. The van der Waals surface area contributed by atoms with Crippen LogP contribution in [-0.4, -0.2) is 22.5 Å². The van der Waals surface area contributed by atoms with E-state index >= 15 is 0 Å². The van der Waals surface area contributed by atoms with Gasteiger partial charge in [-0.3, -0.25) is 9.69 Å². The molecule has 25 heavy (non-hydrogen) atoms. The Morgan fingerprint density at radius 1 is 1.28 bits per heavy atom. The average Bonchev–Trinajstić information content (AvgIpc) is 3.12. The van der Waals surface area contributed by atoms with Crippen LogP contribution in [0.2, 0.25) is 0 Å². The molecule has 130 valence electrons. The van der Waals surface area contributed by atoms with Gasteiger partial charge >= 0.3 is 6.18 Å². The first kappa shape index (κ1) is 17.2. The molecule has 1 amide bonds. The molecular formula is C17H13F3N2O2S. The molecule has 1 aliphatic rings. The van der Waals surface area contributed by atoms with Crippen molar-refractivity contribution in [3.8, 4) is 11.3 Å². The molecule has 1 saturated heterocycles. The monoisotopic (exact) mass is 366 g/mol. The largest absolute Gasteiger partial charge is 0.457 e. The summed E-state index contributed by atoms with van der Waals surface area (Å²) in [5.74, 6) is 0.340. The van der Waals surface area contributed by atoms with E-state index in [9.17, 15) is 18.0 Å². The van der Waals surface area contributed by atoms with E-state index in [0.29, 0.717) is 23.0 Å². The second-order valence-electron chi connectivity index (χ2n) is 5.32. The van der Waals surface area contributed by atoms with Crippen LogP contribution in [0.3, 0.4) is 0 Å². The molecule has 2 aromatic rings. The molecule has 4 nitrogen and oxygen atoms in total. The van der Waals surface area contributed by atoms with Gasteiger partial charge in [0.1, 0.15) is 17.2 Å². The van der Waals surface area contributed by atoms with Gasteiger partial charge in [-0.1, -0.05) is 12.1 Å². The average molecular weight is 366 g/mol. The van der Waals surface area contributed by atoms with Crippen LogP contribution in [0.15, 0.2) is 46.5 Å². The van der Waals surface area contributed by atoms with E-state index in [-0.39, 0.29) is 17.4 Å². The standard InChI is InChI=1S/C17H13F3N2O2S/c1-2-22-15(23)13(21-16(22)25)9-12-6-7-14(24-12)10-4-3-5-11(8-10)17(18,19)20/h3-9H,2H2,1H3,(H,21,25)/b13-9-. The number of benzene rings is 1. The quantitative estimate of drug-likeness (QED) is 0.658. The minimum atomic E-state index is -4.42. The minimum Gasteiger partial charge on any atom is -0.457 e. The first-order chi connectivity index (χ1) is 11.8. The maximum absolute atomic E-state index is 12.8. The van der Waals surface area contributed by atoms with Crippen molar-refractivity contribution >= 4 is 29.3 Å². The molecule has 1 aliphatic heterocycles. The lowest BCUT2D eigenvalue weighted by molar-refractivity contribution is -0.137. The molecule has 0 radical (unpaired) electrons. The molecule has 1 N–H and O–H groups in total. The van der Waals surface area contributed by atoms with E-state index in [0.717, 1.165) is 12.1 Å². The van der Waals surface area contributed by atoms with E-state index in [1.807, 2.05) is 0 Å². The smallest absolute Gasteiger partial charge is 0.416 e. The van der Waals surface area contributed by atoms with Crippen LogP contribution in [0.4, 0.5) is 13.2 Å². The predicted octanol–water partition coefficient (Wildman–Crippen LogP) is 4.04. The van der Waals surface area contributed by atoms with E-state index in [1.54, 1.807) is 19.1 Å². The van der Waals surface area contributed by atoms with Crippen molar-refractivity contribution in [2.24, 2.45) is 0 Å². The summed E-state index contributed by atoms with van der Waals surface area (Å²) < 4.78 is 44.0. The normalized spacial score (nSPS) is 16.6. The first-order valence-electron chi connectivity index (χ1n) is 7.41. The van der Waals surface area contributed by atoms with Crippen molar-refractivity contribution in [1.82, 2.24) is 10.2 Å². The Labute approximate surface area is 146 Å². The zero-order valence-electron chi connectivity index (χ0n) is 13.1. The molecule has 0 unspecified atom stereocenters. The molecule has 1 fully saturated rings. The van der Waals surface area contributed by atoms with Gasteiger partial charge in [0.25, 0.3) is 5.91 Å². The van der Waals surface area contributed by atoms with Crippen molar-refractivity contribution in [3.05, 3.63) is 53.4 Å². The Balaban J connectivity index is 1.88. The van der Waals surface area contributed by atoms with Gasteiger partial charge < -0.3 is 9.73 Å². The number of thiocarbonyl (C=S) groups is 1. The Hall–Kier alpha value is -2.61. The summed E-state index contributed by atoms with van der Waals surface area (Å²) in [6, 6.07) is 7.99. The Kier molecular flexibility index (Phi) is 4.38. The number of halogens is 3. The van der Waals surface area contributed by atoms with E-state index in [1.165, 1.54) is 23.1 Å². The van der Waals surface area contributed by atoms with Gasteiger partial charge in [0, 0.05) is 18.2 Å². The number of carbonyl (C=O) groups excluding carboxylic acids is 1. The van der Waals surface area contributed by atoms with Crippen molar-refractivity contribution in [2.75, 3.05) is 6.54 Å². The zero-order chi connectivity index (χ0) is 18.2. The third-order valence-corrected chi connectivity index (χ3v) is 3.99. The number of alkyl halides is 3. The van der Waals surface area contributed by atoms with Gasteiger partial charge in [0.2, 0.25) is 0 Å². The number of furan rings is 1. The second kappa shape index (κ2) is 6.36. The summed E-state index contributed by atoms with van der Waals surface area (Å²) in [7, 11) is 0. The SMILES string of the molecule is CCN1C(=O)/C(=C/c2ccc(-c3cccc(C(F)(F)F)c3)o2)NC1=S. The van der Waals surface area contributed by atoms with Gasteiger partial charge in [-0.25, -0.2) is 0 Å². The van der Waals surface area contributed by atoms with Gasteiger partial charge in [-0.15, -0.1) is 0 Å². The predicted molar refractivity (Wildman–Crippen MR) is 90.2 cm³/mol. The lowest BCUT2D eigenvalue weighted by atomic mass is 10.1. The molecule has 0 aliphatic carbocycles. The van der Waals surface area contributed by atoms with Gasteiger partial charge in [0.15, 0.2) is 5.11 Å². The number of nitrogens with zero attached hydrogens (tertiary/aromatic N) is 1. The fourth-order valence-corrected chi connectivity index (χ4v) is 2.76. The van der Waals surface area contributed by atoms with E-state index in [2.05, 4.69) is 5.32 Å².